The number of nitrogens with zero attached hydrogens (tertiary/aromatic N) is 2. The molecule has 0 saturated carbocycles. The van der Waals surface area contributed by atoms with E-state index >= 15 is 0 Å². The number of aromatic nitrogens is 2. The molecule has 0 saturated heterocycles. The summed E-state index contributed by atoms with van der Waals surface area (Å²) in [6.45, 7) is 5.00. The van der Waals surface area contributed by atoms with Crippen LogP contribution >= 0.6 is 23.2 Å². The summed E-state index contributed by atoms with van der Waals surface area (Å²) in [5.74, 6) is -1.24. The van der Waals surface area contributed by atoms with Gasteiger partial charge in [0.05, 0.1) is 39.3 Å². The van der Waals surface area contributed by atoms with Crippen molar-refractivity contribution in [3.05, 3.63) is 92.0 Å². The number of ether oxygens (including phenoxy) is 4. The fraction of sp³-hybridized carbons (Fsp3) is 0.368. The topological polar surface area (TPSA) is 202 Å². The van der Waals surface area contributed by atoms with Gasteiger partial charge in [-0.25, -0.2) is 0 Å². The number of hydrogen-bond donors (Lipinski definition) is 6. The second-order valence-electron chi connectivity index (χ2n) is 12.4. The summed E-state index contributed by atoms with van der Waals surface area (Å²) >= 11 is 13.1. The molecule has 2 heterocycles. The van der Waals surface area contributed by atoms with Crippen LogP contribution in [0.5, 0.6) is 23.5 Å². The van der Waals surface area contributed by atoms with Gasteiger partial charge in [-0.3, -0.25) is 9.59 Å². The molecule has 0 spiro atoms. The zero-order valence-electron chi connectivity index (χ0n) is 30.3. The molecule has 290 valence electrons. The molecule has 0 amide bonds. The van der Waals surface area contributed by atoms with Crippen molar-refractivity contribution in [1.82, 2.24) is 20.6 Å². The van der Waals surface area contributed by atoms with Crippen molar-refractivity contribution in [1.29, 1.82) is 0 Å². The summed E-state index contributed by atoms with van der Waals surface area (Å²) in [5, 5.41) is 43.8. The van der Waals surface area contributed by atoms with E-state index in [4.69, 9.17) is 52.4 Å². The lowest BCUT2D eigenvalue weighted by Gasteiger charge is -2.18. The van der Waals surface area contributed by atoms with Gasteiger partial charge in [0, 0.05) is 37.3 Å². The lowest BCUT2D eigenvalue weighted by molar-refractivity contribution is -0.140. The lowest BCUT2D eigenvalue weighted by atomic mass is 9.92. The van der Waals surface area contributed by atoms with Gasteiger partial charge in [0.25, 0.3) is 0 Å². The Balaban J connectivity index is 1.43. The van der Waals surface area contributed by atoms with Gasteiger partial charge in [-0.1, -0.05) is 59.6 Å². The molecule has 2 atom stereocenters. The molecule has 6 N–H and O–H groups in total. The quantitative estimate of drug-likeness (QED) is 0.0652. The molecule has 4 rings (SSSR count). The smallest absolute Gasteiger partial charge is 0.306 e. The van der Waals surface area contributed by atoms with E-state index in [0.29, 0.717) is 11.1 Å². The number of pyridine rings is 2. The van der Waals surface area contributed by atoms with Crippen molar-refractivity contribution in [3.63, 3.8) is 0 Å². The van der Waals surface area contributed by atoms with Gasteiger partial charge in [0.1, 0.15) is 23.3 Å². The molecule has 0 unspecified atom stereocenters. The number of benzene rings is 2. The van der Waals surface area contributed by atoms with E-state index in [1.807, 2.05) is 50.2 Å². The van der Waals surface area contributed by atoms with Crippen molar-refractivity contribution >= 4 is 35.1 Å². The molecule has 2 aromatic carbocycles. The largest absolute Gasteiger partial charge is 0.481 e. The summed E-state index contributed by atoms with van der Waals surface area (Å²) in [5.41, 5.74) is 7.06. The van der Waals surface area contributed by atoms with Crippen LogP contribution in [0.1, 0.15) is 46.2 Å². The van der Waals surface area contributed by atoms with E-state index in [1.165, 1.54) is 14.2 Å². The molecule has 0 radical (unpaired) electrons. The average molecular weight is 788 g/mol. The van der Waals surface area contributed by atoms with E-state index in [2.05, 4.69) is 20.6 Å². The Kier molecular flexibility index (Phi) is 15.7. The number of halogens is 2. The number of aliphatic hydroxyl groups excluding tert-OH is 2. The van der Waals surface area contributed by atoms with Crippen molar-refractivity contribution in [2.24, 2.45) is 0 Å². The van der Waals surface area contributed by atoms with Gasteiger partial charge in [-0.05, 0) is 59.4 Å². The zero-order chi connectivity index (χ0) is 39.4. The first-order valence-corrected chi connectivity index (χ1v) is 17.7. The predicted octanol–water partition coefficient (Wildman–Crippen LogP) is 5.09. The highest BCUT2D eigenvalue weighted by Crippen LogP contribution is 2.34. The minimum Gasteiger partial charge on any atom is -0.481 e. The third kappa shape index (κ3) is 11.6. The number of carboxylic acid groups (broad SMARTS) is 2. The van der Waals surface area contributed by atoms with Gasteiger partial charge in [0.15, 0.2) is 0 Å². The average Bonchev–Trinajstić information content (AvgIpc) is 3.11. The molecule has 2 aromatic heterocycles. The normalized spacial score (nSPS) is 12.2. The van der Waals surface area contributed by atoms with Crippen LogP contribution in [-0.4, -0.2) is 81.8 Å². The maximum Gasteiger partial charge on any atom is 0.306 e. The molecule has 0 aliphatic carbocycles. The molecule has 54 heavy (non-hydrogen) atoms. The first kappa shape index (κ1) is 42.0. The number of carbonyl (C=O) groups is 2. The van der Waals surface area contributed by atoms with Crippen LogP contribution in [0.15, 0.2) is 48.5 Å². The number of nitrogens with one attached hydrogen (secondary N) is 2. The minimum atomic E-state index is -1.09. The Morgan fingerprint density at radius 3 is 1.41 bits per heavy atom. The standard InChI is InChI=1S/C38H44Cl2N4O10/c1-21-23(19-53-37-31(39)11-25(35(43-37)51-3)15-41-17-27(45)13-33(47)48)7-5-9-29(21)30-10-6-8-24(22(30)2)20-54-38-32(40)12-26(36(44-38)52-4)16-42-18-28(46)14-34(49)50/h5-12,27-28,41-42,45-46H,13-20H2,1-4H3,(H,47,48)(H,49,50)/t27-,28-/m1/s1. The van der Waals surface area contributed by atoms with Crippen LogP contribution in [0, 0.1) is 13.8 Å². The summed E-state index contributed by atoms with van der Waals surface area (Å²) in [6, 6.07) is 15.2. The third-order valence-corrected chi connectivity index (χ3v) is 9.02. The van der Waals surface area contributed by atoms with Crippen LogP contribution in [-0.2, 0) is 35.9 Å². The van der Waals surface area contributed by atoms with Crippen molar-refractivity contribution in [2.45, 2.75) is 65.2 Å². The van der Waals surface area contributed by atoms with Gasteiger partial charge >= 0.3 is 11.9 Å². The molecule has 0 bridgehead atoms. The van der Waals surface area contributed by atoms with E-state index in [0.717, 1.165) is 33.4 Å². The molecule has 16 heteroatoms. The van der Waals surface area contributed by atoms with Crippen molar-refractivity contribution < 1.29 is 49.0 Å². The monoisotopic (exact) mass is 786 g/mol. The van der Waals surface area contributed by atoms with Crippen LogP contribution in [0.25, 0.3) is 11.1 Å². The Bertz CT molecular complexity index is 1790. The van der Waals surface area contributed by atoms with E-state index < -0.39 is 24.1 Å². The third-order valence-electron chi connectivity index (χ3n) is 8.48. The minimum absolute atomic E-state index is 0.0670. The summed E-state index contributed by atoms with van der Waals surface area (Å²) in [4.78, 5) is 30.5. The van der Waals surface area contributed by atoms with Gasteiger partial charge in [-0.15, -0.1) is 0 Å². The molecule has 0 fully saturated rings. The summed E-state index contributed by atoms with van der Waals surface area (Å²) < 4.78 is 23.0. The Morgan fingerprint density at radius 1 is 0.667 bits per heavy atom. The molecule has 0 aliphatic heterocycles. The Morgan fingerprint density at radius 2 is 1.06 bits per heavy atom. The van der Waals surface area contributed by atoms with Crippen molar-refractivity contribution in [3.8, 4) is 34.6 Å². The highest BCUT2D eigenvalue weighted by molar-refractivity contribution is 6.32. The zero-order valence-corrected chi connectivity index (χ0v) is 31.8. The highest BCUT2D eigenvalue weighted by Gasteiger charge is 2.18. The molecule has 4 aromatic rings. The second kappa shape index (κ2) is 20.1. The summed E-state index contributed by atoms with van der Waals surface area (Å²) in [6.07, 6.45) is -2.83. The highest BCUT2D eigenvalue weighted by atomic mass is 35.5. The second-order valence-corrected chi connectivity index (χ2v) is 13.2. The molecular weight excluding hydrogens is 743 g/mol. The number of carboxylic acids is 2. The number of hydrogen-bond acceptors (Lipinski definition) is 12. The maximum absolute atomic E-state index is 10.8. The molecular formula is C38H44Cl2N4O10. The SMILES string of the molecule is COc1nc(OCc2cccc(-c3cccc(COc4nc(OC)c(CNC[C@H](O)CC(=O)O)cc4Cl)c3C)c2C)c(Cl)cc1CNC[C@H](O)CC(=O)O. The van der Waals surface area contributed by atoms with Crippen molar-refractivity contribution in [2.75, 3.05) is 27.3 Å². The van der Waals surface area contributed by atoms with Crippen LogP contribution in [0.2, 0.25) is 10.0 Å². The number of aliphatic hydroxyl groups is 2. The lowest BCUT2D eigenvalue weighted by Crippen LogP contribution is -2.28. The number of rotatable bonds is 21. The van der Waals surface area contributed by atoms with Crippen LogP contribution < -0.4 is 29.6 Å². The number of aliphatic carboxylic acids is 2. The van der Waals surface area contributed by atoms with Crippen LogP contribution in [0.3, 0.4) is 0 Å². The van der Waals surface area contributed by atoms with E-state index in [9.17, 15) is 19.8 Å². The molecule has 14 nitrogen and oxygen atoms in total. The van der Waals surface area contributed by atoms with E-state index in [1.54, 1.807) is 12.1 Å². The fourth-order valence-electron chi connectivity index (χ4n) is 5.65. The van der Waals surface area contributed by atoms with E-state index in [-0.39, 0.29) is 85.8 Å². The maximum atomic E-state index is 10.8. The molecule has 0 aliphatic rings. The first-order valence-electron chi connectivity index (χ1n) is 16.9. The Labute approximate surface area is 323 Å². The van der Waals surface area contributed by atoms with Gasteiger partial charge in [-0.2, -0.15) is 9.97 Å². The van der Waals surface area contributed by atoms with Gasteiger partial charge < -0.3 is 50.0 Å². The first-order chi connectivity index (χ1) is 25.8. The van der Waals surface area contributed by atoms with Gasteiger partial charge in [0.2, 0.25) is 23.5 Å². The fourth-order valence-corrected chi connectivity index (χ4v) is 6.10. The predicted molar refractivity (Wildman–Crippen MR) is 202 cm³/mol. The Hall–Kier alpha value is -4.70. The number of methoxy groups -OCH3 is 2. The van der Waals surface area contributed by atoms with Crippen LogP contribution in [0.4, 0.5) is 0 Å². The summed E-state index contributed by atoms with van der Waals surface area (Å²) in [7, 11) is 2.94.